The summed E-state index contributed by atoms with van der Waals surface area (Å²) in [5.74, 6) is -1.38. The van der Waals surface area contributed by atoms with Gasteiger partial charge < -0.3 is 5.11 Å². The number of nitrogens with one attached hydrogen (secondary N) is 1. The van der Waals surface area contributed by atoms with Crippen LogP contribution in [0.1, 0.15) is 15.9 Å². The van der Waals surface area contributed by atoms with Gasteiger partial charge in [-0.25, -0.2) is 13.2 Å². The van der Waals surface area contributed by atoms with Crippen LogP contribution >= 0.6 is 15.9 Å². The molecule has 0 aliphatic rings. The predicted molar refractivity (Wildman–Crippen MR) is 83.8 cm³/mol. The first kappa shape index (κ1) is 15.5. The lowest BCUT2D eigenvalue weighted by atomic mass is 10.1. The fourth-order valence-corrected chi connectivity index (χ4v) is 3.36. The molecule has 2 rings (SSSR count). The Labute approximate surface area is 130 Å². The van der Waals surface area contributed by atoms with Crippen molar-refractivity contribution in [2.75, 3.05) is 4.72 Å². The number of halogens is 1. The minimum atomic E-state index is -3.61. The van der Waals surface area contributed by atoms with Crippen molar-refractivity contribution in [1.82, 2.24) is 0 Å². The molecule has 0 fully saturated rings. The van der Waals surface area contributed by atoms with Crippen LogP contribution in [0.3, 0.4) is 0 Å². The van der Waals surface area contributed by atoms with Crippen LogP contribution in [-0.4, -0.2) is 19.5 Å². The second-order valence-electron chi connectivity index (χ2n) is 4.38. The molecule has 2 aromatic carbocycles. The van der Waals surface area contributed by atoms with E-state index in [9.17, 15) is 13.2 Å². The van der Waals surface area contributed by atoms with Crippen LogP contribution < -0.4 is 4.72 Å². The molecular formula is C14H12BrNO4S. The molecule has 0 saturated heterocycles. The van der Waals surface area contributed by atoms with Crippen molar-refractivity contribution in [3.8, 4) is 0 Å². The molecule has 0 aliphatic carbocycles. The molecule has 7 heteroatoms. The molecule has 0 radical (unpaired) electrons. The molecule has 0 unspecified atom stereocenters. The Bertz CT molecular complexity index is 774. The van der Waals surface area contributed by atoms with Crippen molar-refractivity contribution in [3.05, 3.63) is 64.1 Å². The Balaban J connectivity index is 2.18. The van der Waals surface area contributed by atoms with Crippen LogP contribution in [0.2, 0.25) is 0 Å². The average molecular weight is 370 g/mol. The van der Waals surface area contributed by atoms with E-state index in [1.807, 2.05) is 0 Å². The number of carboxylic acid groups (broad SMARTS) is 1. The SMILES string of the molecule is O=C(O)c1cccc(CS(=O)(=O)Nc2cccc(Br)c2)c1. The summed E-state index contributed by atoms with van der Waals surface area (Å²) in [7, 11) is -3.61. The molecule has 0 aromatic heterocycles. The quantitative estimate of drug-likeness (QED) is 0.847. The van der Waals surface area contributed by atoms with Gasteiger partial charge in [0.25, 0.3) is 0 Å². The van der Waals surface area contributed by atoms with Crippen LogP contribution in [-0.2, 0) is 15.8 Å². The van der Waals surface area contributed by atoms with Gasteiger partial charge >= 0.3 is 5.97 Å². The van der Waals surface area contributed by atoms with E-state index in [4.69, 9.17) is 5.11 Å². The highest BCUT2D eigenvalue weighted by Gasteiger charge is 2.13. The number of hydrogen-bond donors (Lipinski definition) is 2. The third-order valence-electron chi connectivity index (χ3n) is 2.63. The number of carbonyl (C=O) groups is 1. The summed E-state index contributed by atoms with van der Waals surface area (Å²) in [5, 5.41) is 8.90. The first-order chi connectivity index (χ1) is 9.85. The first-order valence-electron chi connectivity index (χ1n) is 5.94. The lowest BCUT2D eigenvalue weighted by molar-refractivity contribution is 0.0696. The Kier molecular flexibility index (Phi) is 4.64. The molecule has 0 amide bonds. The van der Waals surface area contributed by atoms with Gasteiger partial charge in [0, 0.05) is 10.2 Å². The monoisotopic (exact) mass is 369 g/mol. The number of hydrogen-bond acceptors (Lipinski definition) is 3. The van der Waals surface area contributed by atoms with E-state index in [1.54, 1.807) is 30.3 Å². The number of benzene rings is 2. The van der Waals surface area contributed by atoms with Gasteiger partial charge in [0.1, 0.15) is 0 Å². The highest BCUT2D eigenvalue weighted by molar-refractivity contribution is 9.10. The number of carboxylic acids is 1. The third kappa shape index (κ3) is 4.57. The minimum Gasteiger partial charge on any atom is -0.478 e. The molecular weight excluding hydrogens is 358 g/mol. The van der Waals surface area contributed by atoms with Crippen molar-refractivity contribution in [1.29, 1.82) is 0 Å². The van der Waals surface area contributed by atoms with Gasteiger partial charge in [0.15, 0.2) is 0 Å². The maximum absolute atomic E-state index is 12.1. The Morgan fingerprint density at radius 2 is 1.86 bits per heavy atom. The maximum Gasteiger partial charge on any atom is 0.335 e. The van der Waals surface area contributed by atoms with Crippen molar-refractivity contribution in [2.24, 2.45) is 0 Å². The second kappa shape index (κ2) is 6.28. The summed E-state index contributed by atoms with van der Waals surface area (Å²) >= 11 is 3.26. The standard InChI is InChI=1S/C14H12BrNO4S/c15-12-5-2-6-13(8-12)16-21(19,20)9-10-3-1-4-11(7-10)14(17)18/h1-8,16H,9H2,(H,17,18). The smallest absolute Gasteiger partial charge is 0.335 e. The number of rotatable bonds is 5. The minimum absolute atomic E-state index is 0.0603. The maximum atomic E-state index is 12.1. The summed E-state index contributed by atoms with van der Waals surface area (Å²) in [6, 6.07) is 12.6. The molecule has 0 bridgehead atoms. The zero-order valence-corrected chi connectivity index (χ0v) is 13.2. The molecule has 110 valence electrons. The van der Waals surface area contributed by atoms with E-state index in [1.165, 1.54) is 18.2 Å². The van der Waals surface area contributed by atoms with Crippen molar-refractivity contribution < 1.29 is 18.3 Å². The van der Waals surface area contributed by atoms with Crippen LogP contribution in [0.15, 0.2) is 53.0 Å². The second-order valence-corrected chi connectivity index (χ2v) is 7.01. The van der Waals surface area contributed by atoms with Gasteiger partial charge in [-0.05, 0) is 35.9 Å². The number of anilines is 1. The van der Waals surface area contributed by atoms with Gasteiger partial charge in [-0.3, -0.25) is 4.72 Å². The van der Waals surface area contributed by atoms with Gasteiger partial charge in [-0.15, -0.1) is 0 Å². The van der Waals surface area contributed by atoms with Crippen LogP contribution in [0.25, 0.3) is 0 Å². The summed E-state index contributed by atoms with van der Waals surface area (Å²) in [6.07, 6.45) is 0. The Hall–Kier alpha value is -1.86. The summed E-state index contributed by atoms with van der Waals surface area (Å²) in [4.78, 5) is 10.9. The lowest BCUT2D eigenvalue weighted by Crippen LogP contribution is -2.15. The molecule has 0 saturated carbocycles. The molecule has 2 aromatic rings. The Morgan fingerprint density at radius 3 is 2.52 bits per heavy atom. The molecule has 0 atom stereocenters. The van der Waals surface area contributed by atoms with E-state index in [0.717, 1.165) is 4.47 Å². The fraction of sp³-hybridized carbons (Fsp3) is 0.0714. The van der Waals surface area contributed by atoms with Crippen LogP contribution in [0.4, 0.5) is 5.69 Å². The summed E-state index contributed by atoms with van der Waals surface area (Å²) in [6.45, 7) is 0. The lowest BCUT2D eigenvalue weighted by Gasteiger charge is -2.09. The molecule has 0 aliphatic heterocycles. The van der Waals surface area contributed by atoms with Crippen molar-refractivity contribution in [2.45, 2.75) is 5.75 Å². The van der Waals surface area contributed by atoms with Crippen molar-refractivity contribution in [3.63, 3.8) is 0 Å². The molecule has 2 N–H and O–H groups in total. The van der Waals surface area contributed by atoms with E-state index < -0.39 is 16.0 Å². The zero-order chi connectivity index (χ0) is 15.5. The van der Waals surface area contributed by atoms with Gasteiger partial charge in [0.2, 0.25) is 10.0 Å². The predicted octanol–water partition coefficient (Wildman–Crippen LogP) is 3.09. The Morgan fingerprint density at radius 1 is 1.14 bits per heavy atom. The fourth-order valence-electron chi connectivity index (χ4n) is 1.78. The van der Waals surface area contributed by atoms with Gasteiger partial charge in [0.05, 0.1) is 11.3 Å². The zero-order valence-electron chi connectivity index (χ0n) is 10.8. The number of aromatic carboxylic acids is 1. The first-order valence-corrected chi connectivity index (χ1v) is 8.38. The third-order valence-corrected chi connectivity index (χ3v) is 4.38. The summed E-state index contributed by atoms with van der Waals surface area (Å²) < 4.78 is 27.4. The molecule has 21 heavy (non-hydrogen) atoms. The normalized spacial score (nSPS) is 11.1. The van der Waals surface area contributed by atoms with Gasteiger partial charge in [-0.1, -0.05) is 34.1 Å². The topological polar surface area (TPSA) is 83.5 Å². The molecule has 0 spiro atoms. The van der Waals surface area contributed by atoms with E-state index in [-0.39, 0.29) is 11.3 Å². The van der Waals surface area contributed by atoms with Gasteiger partial charge in [-0.2, -0.15) is 0 Å². The van der Waals surface area contributed by atoms with E-state index >= 15 is 0 Å². The largest absolute Gasteiger partial charge is 0.478 e. The molecule has 0 heterocycles. The van der Waals surface area contributed by atoms with Crippen LogP contribution in [0, 0.1) is 0 Å². The molecule has 5 nitrogen and oxygen atoms in total. The highest BCUT2D eigenvalue weighted by atomic mass is 79.9. The average Bonchev–Trinajstić information content (AvgIpc) is 2.37. The summed E-state index contributed by atoms with van der Waals surface area (Å²) in [5.41, 5.74) is 0.918. The van der Waals surface area contributed by atoms with E-state index in [0.29, 0.717) is 11.3 Å². The van der Waals surface area contributed by atoms with Crippen molar-refractivity contribution >= 4 is 37.6 Å². The van der Waals surface area contributed by atoms with E-state index in [2.05, 4.69) is 20.7 Å². The highest BCUT2D eigenvalue weighted by Crippen LogP contribution is 2.18. The number of sulfonamides is 1. The van der Waals surface area contributed by atoms with Crippen LogP contribution in [0.5, 0.6) is 0 Å².